The lowest BCUT2D eigenvalue weighted by atomic mass is 10.00. The average Bonchev–Trinajstić information content (AvgIpc) is 2.15. The number of hydrogen-bond acceptors (Lipinski definition) is 3. The molecule has 0 aliphatic heterocycles. The highest BCUT2D eigenvalue weighted by atomic mass is 19.4. The largest absolute Gasteiger partial charge is 0.480 e. The van der Waals surface area contributed by atoms with Gasteiger partial charge in [-0.3, -0.25) is 5.32 Å². The van der Waals surface area contributed by atoms with Crippen LogP contribution < -0.4 is 5.32 Å². The fraction of sp³-hybridized carbons (Fsp3) is 0.900. The van der Waals surface area contributed by atoms with E-state index in [9.17, 15) is 18.0 Å². The minimum atomic E-state index is -4.85. The number of halogens is 3. The highest BCUT2D eigenvalue weighted by Gasteiger charge is 2.57. The van der Waals surface area contributed by atoms with Gasteiger partial charge in [-0.2, -0.15) is 13.2 Å². The van der Waals surface area contributed by atoms with E-state index in [2.05, 4.69) is 0 Å². The summed E-state index contributed by atoms with van der Waals surface area (Å²) < 4.78 is 42.8. The van der Waals surface area contributed by atoms with Crippen molar-refractivity contribution in [1.82, 2.24) is 5.32 Å². The maximum atomic E-state index is 12.6. The molecule has 0 aromatic heterocycles. The van der Waals surface area contributed by atoms with Crippen LogP contribution in [-0.4, -0.2) is 42.0 Å². The number of alkyl halides is 3. The highest BCUT2D eigenvalue weighted by molar-refractivity contribution is 5.79. The predicted molar refractivity (Wildman–Crippen MR) is 55.8 cm³/mol. The van der Waals surface area contributed by atoms with Gasteiger partial charge in [-0.1, -0.05) is 0 Å². The van der Waals surface area contributed by atoms with Crippen molar-refractivity contribution in [2.45, 2.75) is 44.5 Å². The van der Waals surface area contributed by atoms with E-state index >= 15 is 0 Å². The van der Waals surface area contributed by atoms with Gasteiger partial charge in [0.15, 0.2) is 0 Å². The monoisotopic (exact) mass is 257 g/mol. The Balaban J connectivity index is 4.57. The minimum Gasteiger partial charge on any atom is -0.480 e. The van der Waals surface area contributed by atoms with E-state index in [1.54, 1.807) is 13.8 Å². The summed E-state index contributed by atoms with van der Waals surface area (Å²) in [5.74, 6) is -1.94. The number of carbonyl (C=O) groups is 1. The molecule has 0 spiro atoms. The molecule has 2 N–H and O–H groups in total. The number of methoxy groups -OCH3 is 1. The maximum absolute atomic E-state index is 12.6. The van der Waals surface area contributed by atoms with Crippen LogP contribution in [0.5, 0.6) is 0 Å². The molecule has 17 heavy (non-hydrogen) atoms. The summed E-state index contributed by atoms with van der Waals surface area (Å²) in [6, 6.07) is 0. The summed E-state index contributed by atoms with van der Waals surface area (Å²) in [6.45, 7) is 3.92. The van der Waals surface area contributed by atoms with Gasteiger partial charge in [0.25, 0.3) is 0 Å². The lowest BCUT2D eigenvalue weighted by Crippen LogP contribution is -2.60. The molecule has 0 saturated heterocycles. The Bertz CT molecular complexity index is 278. The van der Waals surface area contributed by atoms with Crippen LogP contribution in [0.4, 0.5) is 13.2 Å². The molecule has 102 valence electrons. The number of nitrogens with one attached hydrogen (secondary N) is 1. The summed E-state index contributed by atoms with van der Waals surface area (Å²) in [5.41, 5.74) is -3.53. The van der Waals surface area contributed by atoms with Crippen LogP contribution in [-0.2, 0) is 9.53 Å². The average molecular weight is 257 g/mol. The van der Waals surface area contributed by atoms with Crippen molar-refractivity contribution >= 4 is 5.97 Å². The first-order chi connectivity index (χ1) is 7.46. The van der Waals surface area contributed by atoms with Crippen LogP contribution >= 0.6 is 0 Å². The summed E-state index contributed by atoms with van der Waals surface area (Å²) in [4.78, 5) is 10.7. The number of rotatable bonds is 6. The van der Waals surface area contributed by atoms with Gasteiger partial charge in [-0.05, 0) is 33.7 Å². The van der Waals surface area contributed by atoms with Crippen molar-refractivity contribution in [2.75, 3.05) is 13.7 Å². The fourth-order valence-corrected chi connectivity index (χ4v) is 1.01. The second kappa shape index (κ2) is 5.22. The molecule has 0 aliphatic rings. The molecule has 0 aromatic rings. The SMILES string of the molecule is COC(C)(C)CCNC(C)(C(=O)O)C(F)(F)F. The Kier molecular flexibility index (Phi) is 4.97. The molecule has 1 atom stereocenters. The summed E-state index contributed by atoms with van der Waals surface area (Å²) in [6.07, 6.45) is -4.58. The number of hydrogen-bond donors (Lipinski definition) is 2. The van der Waals surface area contributed by atoms with E-state index in [1.165, 1.54) is 7.11 Å². The van der Waals surface area contributed by atoms with Gasteiger partial charge < -0.3 is 9.84 Å². The molecular weight excluding hydrogens is 239 g/mol. The van der Waals surface area contributed by atoms with E-state index in [4.69, 9.17) is 9.84 Å². The van der Waals surface area contributed by atoms with Crippen LogP contribution in [0.2, 0.25) is 0 Å². The van der Waals surface area contributed by atoms with E-state index in [0.29, 0.717) is 6.92 Å². The lowest BCUT2D eigenvalue weighted by molar-refractivity contribution is -0.206. The normalized spacial score (nSPS) is 16.6. The summed E-state index contributed by atoms with van der Waals surface area (Å²) in [5, 5.41) is 10.7. The highest BCUT2D eigenvalue weighted by Crippen LogP contribution is 2.30. The molecule has 0 heterocycles. The first-order valence-electron chi connectivity index (χ1n) is 5.06. The van der Waals surface area contributed by atoms with Gasteiger partial charge in [-0.25, -0.2) is 4.79 Å². The molecular formula is C10H18F3NO3. The van der Waals surface area contributed by atoms with Crippen molar-refractivity contribution in [3.8, 4) is 0 Å². The smallest absolute Gasteiger partial charge is 0.417 e. The van der Waals surface area contributed by atoms with Crippen LogP contribution in [0.15, 0.2) is 0 Å². The Hall–Kier alpha value is -0.820. The van der Waals surface area contributed by atoms with Gasteiger partial charge in [0.1, 0.15) is 0 Å². The van der Waals surface area contributed by atoms with Gasteiger partial charge in [0, 0.05) is 7.11 Å². The first kappa shape index (κ1) is 16.2. The molecule has 1 unspecified atom stereocenters. The molecule has 0 fully saturated rings. The zero-order valence-electron chi connectivity index (χ0n) is 10.3. The number of carboxylic acid groups (broad SMARTS) is 1. The first-order valence-corrected chi connectivity index (χ1v) is 5.06. The Labute approximate surface area is 98.1 Å². The van der Waals surface area contributed by atoms with Gasteiger partial charge in [0.2, 0.25) is 5.54 Å². The maximum Gasteiger partial charge on any atom is 0.417 e. The fourth-order valence-electron chi connectivity index (χ4n) is 1.01. The molecule has 0 aromatic carbocycles. The van der Waals surface area contributed by atoms with Crippen LogP contribution in [0, 0.1) is 0 Å². The second-order valence-corrected chi connectivity index (χ2v) is 4.57. The number of aliphatic carboxylic acids is 1. The van der Waals surface area contributed by atoms with E-state index in [0.717, 1.165) is 0 Å². The molecule has 0 saturated carbocycles. The van der Waals surface area contributed by atoms with Crippen LogP contribution in [0.25, 0.3) is 0 Å². The molecule has 7 heteroatoms. The number of ether oxygens (including phenoxy) is 1. The van der Waals surface area contributed by atoms with Crippen LogP contribution in [0.1, 0.15) is 27.2 Å². The van der Waals surface area contributed by atoms with E-state index in [-0.39, 0.29) is 13.0 Å². The third kappa shape index (κ3) is 4.16. The Morgan fingerprint density at radius 1 is 1.29 bits per heavy atom. The zero-order chi connectivity index (χ0) is 13.9. The van der Waals surface area contributed by atoms with Crippen molar-refractivity contribution in [1.29, 1.82) is 0 Å². The summed E-state index contributed by atoms with van der Waals surface area (Å²) >= 11 is 0. The third-order valence-corrected chi connectivity index (χ3v) is 2.75. The van der Waals surface area contributed by atoms with Gasteiger partial charge in [0.05, 0.1) is 5.60 Å². The minimum absolute atomic E-state index is 0.108. The van der Waals surface area contributed by atoms with Crippen molar-refractivity contribution in [2.24, 2.45) is 0 Å². The quantitative estimate of drug-likeness (QED) is 0.761. The Morgan fingerprint density at radius 2 is 1.76 bits per heavy atom. The molecule has 0 aliphatic carbocycles. The topological polar surface area (TPSA) is 58.6 Å². The zero-order valence-corrected chi connectivity index (χ0v) is 10.3. The standard InChI is InChI=1S/C10H18F3NO3/c1-8(2,17-4)5-6-14-9(3,7(15)16)10(11,12)13/h14H,5-6H2,1-4H3,(H,15,16). The second-order valence-electron chi connectivity index (χ2n) is 4.57. The van der Waals surface area contributed by atoms with E-state index in [1.807, 2.05) is 5.32 Å². The van der Waals surface area contributed by atoms with Crippen molar-refractivity contribution < 1.29 is 27.8 Å². The third-order valence-electron chi connectivity index (χ3n) is 2.75. The van der Waals surface area contributed by atoms with E-state index < -0.39 is 23.3 Å². The molecule has 0 radical (unpaired) electrons. The molecule has 0 amide bonds. The Morgan fingerprint density at radius 3 is 2.06 bits per heavy atom. The number of carboxylic acids is 1. The lowest BCUT2D eigenvalue weighted by Gasteiger charge is -2.30. The predicted octanol–water partition coefficient (Wildman–Crippen LogP) is 1.80. The molecule has 0 rings (SSSR count). The molecule has 4 nitrogen and oxygen atoms in total. The van der Waals surface area contributed by atoms with Crippen molar-refractivity contribution in [3.05, 3.63) is 0 Å². The van der Waals surface area contributed by atoms with Crippen molar-refractivity contribution in [3.63, 3.8) is 0 Å². The molecule has 0 bridgehead atoms. The van der Waals surface area contributed by atoms with Crippen LogP contribution in [0.3, 0.4) is 0 Å². The van der Waals surface area contributed by atoms with Gasteiger partial charge in [-0.15, -0.1) is 0 Å². The van der Waals surface area contributed by atoms with Gasteiger partial charge >= 0.3 is 12.1 Å². The summed E-state index contributed by atoms with van der Waals surface area (Å²) in [7, 11) is 1.44.